The van der Waals surface area contributed by atoms with E-state index in [-0.39, 0.29) is 12.0 Å². The highest BCUT2D eigenvalue weighted by Gasteiger charge is 2.19. The predicted octanol–water partition coefficient (Wildman–Crippen LogP) is 3.40. The molecule has 96 valence electrons. The van der Waals surface area contributed by atoms with E-state index >= 15 is 0 Å². The van der Waals surface area contributed by atoms with Crippen LogP contribution in [0.2, 0.25) is 0 Å². The molecule has 0 amide bonds. The van der Waals surface area contributed by atoms with Crippen LogP contribution in [0, 0.1) is 0 Å². The van der Waals surface area contributed by atoms with E-state index in [0.29, 0.717) is 5.25 Å². The highest BCUT2D eigenvalue weighted by molar-refractivity contribution is 9.10. The van der Waals surface area contributed by atoms with E-state index in [0.717, 1.165) is 21.9 Å². The van der Waals surface area contributed by atoms with Gasteiger partial charge < -0.3 is 5.11 Å². The molecule has 0 aliphatic heterocycles. The Bertz CT molecular complexity index is 379. The van der Waals surface area contributed by atoms with Gasteiger partial charge in [0.05, 0.1) is 0 Å². The third kappa shape index (κ3) is 4.94. The van der Waals surface area contributed by atoms with Gasteiger partial charge in [0.1, 0.15) is 15.5 Å². The summed E-state index contributed by atoms with van der Waals surface area (Å²) < 4.78 is 0.816. The van der Waals surface area contributed by atoms with E-state index in [1.165, 1.54) is 0 Å². The van der Waals surface area contributed by atoms with Gasteiger partial charge in [-0.15, -0.1) is 11.8 Å². The van der Waals surface area contributed by atoms with Gasteiger partial charge in [0.2, 0.25) is 0 Å². The maximum Gasteiger partial charge on any atom is 0.136 e. The lowest BCUT2D eigenvalue weighted by atomic mass is 9.96. The summed E-state index contributed by atoms with van der Waals surface area (Å²) in [5, 5.41) is 10.2. The number of halogens is 1. The average Bonchev–Trinajstić information content (AvgIpc) is 2.15. The Hall–Kier alpha value is -0.130. The minimum atomic E-state index is -0.0562. The minimum Gasteiger partial charge on any atom is -0.396 e. The summed E-state index contributed by atoms with van der Waals surface area (Å²) in [4.78, 5) is 8.97. The van der Waals surface area contributed by atoms with Gasteiger partial charge in [-0.2, -0.15) is 0 Å². The number of nitrogens with zero attached hydrogens (tertiary/aromatic N) is 2. The molecular weight excluding hydrogens is 300 g/mol. The molecule has 5 heteroatoms. The number of hydrogen-bond acceptors (Lipinski definition) is 4. The molecule has 1 aromatic heterocycles. The van der Waals surface area contributed by atoms with Crippen molar-refractivity contribution in [3.8, 4) is 0 Å². The molecule has 0 saturated heterocycles. The van der Waals surface area contributed by atoms with Crippen LogP contribution in [0.15, 0.2) is 15.7 Å². The van der Waals surface area contributed by atoms with Gasteiger partial charge in [0.15, 0.2) is 0 Å². The summed E-state index contributed by atoms with van der Waals surface area (Å²) in [6, 6.07) is 1.92. The summed E-state index contributed by atoms with van der Waals surface area (Å²) in [7, 11) is 0. The van der Waals surface area contributed by atoms with Crippen LogP contribution in [-0.2, 0) is 5.41 Å². The number of aliphatic hydroxyl groups excluding tert-OH is 1. The fraction of sp³-hybridized carbons (Fsp3) is 0.667. The number of thioether (sulfide) groups is 1. The molecule has 17 heavy (non-hydrogen) atoms. The zero-order chi connectivity index (χ0) is 13.1. The summed E-state index contributed by atoms with van der Waals surface area (Å²) >= 11 is 5.09. The van der Waals surface area contributed by atoms with E-state index in [1.807, 2.05) is 6.07 Å². The van der Waals surface area contributed by atoms with Crippen molar-refractivity contribution in [3.63, 3.8) is 0 Å². The average molecular weight is 319 g/mol. The Morgan fingerprint density at radius 3 is 2.59 bits per heavy atom. The first-order chi connectivity index (χ1) is 7.82. The van der Waals surface area contributed by atoms with Crippen molar-refractivity contribution < 1.29 is 5.11 Å². The summed E-state index contributed by atoms with van der Waals surface area (Å²) in [6.07, 6.45) is 0.775. The smallest absolute Gasteiger partial charge is 0.136 e. The van der Waals surface area contributed by atoms with Crippen LogP contribution in [0.25, 0.3) is 0 Å². The molecule has 0 saturated carbocycles. The van der Waals surface area contributed by atoms with Crippen molar-refractivity contribution in [1.82, 2.24) is 9.97 Å². The molecule has 0 aromatic carbocycles. The second-order valence-electron chi connectivity index (χ2n) is 5.04. The van der Waals surface area contributed by atoms with Crippen LogP contribution in [-0.4, -0.2) is 26.9 Å². The van der Waals surface area contributed by atoms with Crippen LogP contribution in [0.1, 0.15) is 39.9 Å². The van der Waals surface area contributed by atoms with Gasteiger partial charge in [0, 0.05) is 23.3 Å². The Morgan fingerprint density at radius 1 is 1.41 bits per heavy atom. The van der Waals surface area contributed by atoms with Crippen molar-refractivity contribution in [2.75, 3.05) is 6.61 Å². The van der Waals surface area contributed by atoms with Crippen LogP contribution >= 0.6 is 27.7 Å². The molecule has 0 radical (unpaired) electrons. The largest absolute Gasteiger partial charge is 0.396 e. The Balaban J connectivity index is 2.90. The normalized spacial score (nSPS) is 13.8. The van der Waals surface area contributed by atoms with E-state index in [4.69, 9.17) is 5.11 Å². The molecule has 0 bridgehead atoms. The van der Waals surface area contributed by atoms with E-state index in [2.05, 4.69) is 53.6 Å². The zero-order valence-electron chi connectivity index (χ0n) is 10.7. The molecule has 0 aliphatic rings. The van der Waals surface area contributed by atoms with Crippen molar-refractivity contribution in [1.29, 1.82) is 0 Å². The second kappa shape index (κ2) is 6.16. The SMILES string of the molecule is CC(CCO)Sc1cc(Br)nc(C(C)(C)C)n1. The molecule has 1 N–H and O–H groups in total. The molecule has 0 fully saturated rings. The van der Waals surface area contributed by atoms with Crippen molar-refractivity contribution in [3.05, 3.63) is 16.5 Å². The first kappa shape index (κ1) is 14.9. The third-order valence-electron chi connectivity index (χ3n) is 2.20. The number of aromatic nitrogens is 2. The van der Waals surface area contributed by atoms with Gasteiger partial charge in [0.25, 0.3) is 0 Å². The quantitative estimate of drug-likeness (QED) is 0.682. The first-order valence-electron chi connectivity index (χ1n) is 5.65. The van der Waals surface area contributed by atoms with Crippen LogP contribution in [0.4, 0.5) is 0 Å². The molecular formula is C12H19BrN2OS. The predicted molar refractivity (Wildman–Crippen MR) is 75.5 cm³/mol. The molecule has 0 aliphatic carbocycles. The van der Waals surface area contributed by atoms with Gasteiger partial charge in [-0.3, -0.25) is 0 Å². The monoisotopic (exact) mass is 318 g/mol. The lowest BCUT2D eigenvalue weighted by molar-refractivity contribution is 0.289. The van der Waals surface area contributed by atoms with E-state index < -0.39 is 0 Å². The highest BCUT2D eigenvalue weighted by Crippen LogP contribution is 2.28. The summed E-state index contributed by atoms with van der Waals surface area (Å²) in [5.41, 5.74) is -0.0562. The molecule has 1 unspecified atom stereocenters. The summed E-state index contributed by atoms with van der Waals surface area (Å²) in [6.45, 7) is 8.60. The standard InChI is InChI=1S/C12H19BrN2OS/c1-8(5-6-16)17-10-7-9(13)14-11(15-10)12(2,3)4/h7-8,16H,5-6H2,1-4H3. The fourth-order valence-electron chi connectivity index (χ4n) is 1.24. The number of rotatable bonds is 4. The topological polar surface area (TPSA) is 46.0 Å². The molecule has 1 aromatic rings. The van der Waals surface area contributed by atoms with Gasteiger partial charge in [-0.25, -0.2) is 9.97 Å². The first-order valence-corrected chi connectivity index (χ1v) is 7.33. The molecule has 3 nitrogen and oxygen atoms in total. The fourth-order valence-corrected chi connectivity index (χ4v) is 2.73. The Labute approximate surface area is 116 Å². The Kier molecular flexibility index (Phi) is 5.41. The zero-order valence-corrected chi connectivity index (χ0v) is 13.1. The van der Waals surface area contributed by atoms with Crippen molar-refractivity contribution >= 4 is 27.7 Å². The maximum absolute atomic E-state index is 8.90. The van der Waals surface area contributed by atoms with Crippen molar-refractivity contribution in [2.24, 2.45) is 0 Å². The Morgan fingerprint density at radius 2 is 2.06 bits per heavy atom. The van der Waals surface area contributed by atoms with E-state index in [1.54, 1.807) is 11.8 Å². The number of aliphatic hydroxyl groups is 1. The van der Waals surface area contributed by atoms with Gasteiger partial charge >= 0.3 is 0 Å². The maximum atomic E-state index is 8.90. The van der Waals surface area contributed by atoms with E-state index in [9.17, 15) is 0 Å². The van der Waals surface area contributed by atoms with Crippen LogP contribution in [0.5, 0.6) is 0 Å². The lowest BCUT2D eigenvalue weighted by Gasteiger charge is -2.18. The third-order valence-corrected chi connectivity index (χ3v) is 3.69. The molecule has 1 heterocycles. The van der Waals surface area contributed by atoms with Crippen LogP contribution < -0.4 is 0 Å². The minimum absolute atomic E-state index is 0.0562. The number of hydrogen-bond donors (Lipinski definition) is 1. The lowest BCUT2D eigenvalue weighted by Crippen LogP contribution is -2.16. The molecule has 1 atom stereocenters. The second-order valence-corrected chi connectivity index (χ2v) is 7.31. The van der Waals surface area contributed by atoms with Crippen molar-refractivity contribution in [2.45, 2.75) is 49.8 Å². The van der Waals surface area contributed by atoms with Crippen LogP contribution in [0.3, 0.4) is 0 Å². The van der Waals surface area contributed by atoms with Gasteiger partial charge in [-0.1, -0.05) is 27.7 Å². The molecule has 1 rings (SSSR count). The summed E-state index contributed by atoms with van der Waals surface area (Å²) in [5.74, 6) is 0.838. The highest BCUT2D eigenvalue weighted by atomic mass is 79.9. The molecule has 0 spiro atoms. The van der Waals surface area contributed by atoms with Gasteiger partial charge in [-0.05, 0) is 22.4 Å².